The van der Waals surface area contributed by atoms with E-state index in [1.807, 2.05) is 61.5 Å². The Labute approximate surface area is 293 Å². The number of hydrogen-bond donors (Lipinski definition) is 1. The van der Waals surface area contributed by atoms with E-state index in [1.54, 1.807) is 23.6 Å². The molecule has 0 saturated carbocycles. The predicted octanol–water partition coefficient (Wildman–Crippen LogP) is 6.88. The number of nitrogens with zero attached hydrogens (tertiary/aromatic N) is 5. The highest BCUT2D eigenvalue weighted by atomic mass is 16.6. The van der Waals surface area contributed by atoms with E-state index in [9.17, 15) is 19.2 Å². The fraction of sp³-hybridized carbons (Fsp3) is 0.639. The average molecular weight is 697 g/mol. The van der Waals surface area contributed by atoms with Gasteiger partial charge in [-0.25, -0.2) is 9.59 Å². The monoisotopic (exact) mass is 696 g/mol. The minimum Gasteiger partial charge on any atom is -0.444 e. The first-order valence-electron chi connectivity index (χ1n) is 17.3. The molecule has 5 heterocycles. The second-order valence-corrected chi connectivity index (χ2v) is 15.2. The van der Waals surface area contributed by atoms with Gasteiger partial charge in [-0.15, -0.1) is 0 Å². The summed E-state index contributed by atoms with van der Waals surface area (Å²) in [6.07, 6.45) is 2.05. The molecule has 1 N–H and O–H groups in total. The first-order chi connectivity index (χ1) is 23.3. The number of aromatic nitrogens is 4. The summed E-state index contributed by atoms with van der Waals surface area (Å²) in [7, 11) is 0. The van der Waals surface area contributed by atoms with Crippen molar-refractivity contribution in [1.29, 1.82) is 0 Å². The standard InChI is InChI=1S/C18H26N4O3.C18H26N2O5/c1-11-12(2)21-25-16(11)15-10-14(19-20-15)13-6-8-22(9-7-13)17(23)24-18(3,4)5;1-11-12(2)19-25-16(11)15(22)10-14(21)13-6-8-20(9-7-13)17(23)24-18(3,4)5/h10,13H,6-9H2,1-5H3,(H,19,20);13H,6-10H2,1-5H3. The molecule has 3 aromatic heterocycles. The van der Waals surface area contributed by atoms with Gasteiger partial charge in [-0.3, -0.25) is 14.7 Å². The largest absolute Gasteiger partial charge is 0.444 e. The summed E-state index contributed by atoms with van der Waals surface area (Å²) in [6, 6.07) is 2.03. The van der Waals surface area contributed by atoms with Crippen molar-refractivity contribution >= 4 is 23.8 Å². The molecule has 0 aliphatic carbocycles. The summed E-state index contributed by atoms with van der Waals surface area (Å²) in [4.78, 5) is 52.2. The third-order valence-electron chi connectivity index (χ3n) is 8.91. The number of piperidine rings is 2. The van der Waals surface area contributed by atoms with Gasteiger partial charge in [0.15, 0.2) is 5.76 Å². The zero-order valence-corrected chi connectivity index (χ0v) is 31.1. The van der Waals surface area contributed by atoms with E-state index in [0.717, 1.165) is 41.2 Å². The van der Waals surface area contributed by atoms with Gasteiger partial charge in [0.25, 0.3) is 0 Å². The number of amides is 2. The number of carbonyl (C=O) groups is 4. The maximum absolute atomic E-state index is 12.4. The van der Waals surface area contributed by atoms with Gasteiger partial charge in [0.05, 0.1) is 23.5 Å². The van der Waals surface area contributed by atoms with Crippen molar-refractivity contribution in [2.75, 3.05) is 26.2 Å². The summed E-state index contributed by atoms with van der Waals surface area (Å²) >= 11 is 0. The van der Waals surface area contributed by atoms with Crippen LogP contribution < -0.4 is 0 Å². The van der Waals surface area contributed by atoms with Gasteiger partial charge in [-0.05, 0) is 101 Å². The number of hydrogen-bond acceptors (Lipinski definition) is 11. The zero-order valence-electron chi connectivity index (χ0n) is 31.1. The van der Waals surface area contributed by atoms with E-state index in [4.69, 9.17) is 18.5 Å². The highest BCUT2D eigenvalue weighted by Crippen LogP contribution is 2.31. The van der Waals surface area contributed by atoms with Crippen molar-refractivity contribution in [3.8, 4) is 11.5 Å². The summed E-state index contributed by atoms with van der Waals surface area (Å²) < 4.78 is 21.2. The first-order valence-corrected chi connectivity index (χ1v) is 17.3. The van der Waals surface area contributed by atoms with Crippen LogP contribution >= 0.6 is 0 Å². The second-order valence-electron chi connectivity index (χ2n) is 15.2. The van der Waals surface area contributed by atoms with Crippen molar-refractivity contribution in [3.63, 3.8) is 0 Å². The van der Waals surface area contributed by atoms with Crippen LogP contribution in [-0.4, -0.2) is 91.4 Å². The van der Waals surface area contributed by atoms with Crippen LogP contribution in [0.2, 0.25) is 0 Å². The lowest BCUT2D eigenvalue weighted by Crippen LogP contribution is -2.43. The Bertz CT molecular complexity index is 1660. The smallest absolute Gasteiger partial charge is 0.410 e. The summed E-state index contributed by atoms with van der Waals surface area (Å²) in [5, 5.41) is 15.2. The van der Waals surface area contributed by atoms with Crippen molar-refractivity contribution in [2.45, 2.75) is 118 Å². The third-order valence-corrected chi connectivity index (χ3v) is 8.91. The van der Waals surface area contributed by atoms with Crippen LogP contribution in [0.1, 0.15) is 118 Å². The molecular formula is C36H52N6O8. The Morgan fingerprint density at radius 1 is 0.780 bits per heavy atom. The molecule has 274 valence electrons. The molecular weight excluding hydrogens is 644 g/mol. The van der Waals surface area contributed by atoms with Crippen molar-refractivity contribution in [1.82, 2.24) is 30.3 Å². The van der Waals surface area contributed by atoms with Crippen LogP contribution in [0.5, 0.6) is 0 Å². The van der Waals surface area contributed by atoms with Crippen LogP contribution in [0.15, 0.2) is 15.1 Å². The number of H-pyrrole nitrogens is 1. The predicted molar refractivity (Wildman–Crippen MR) is 184 cm³/mol. The Morgan fingerprint density at radius 2 is 1.28 bits per heavy atom. The van der Waals surface area contributed by atoms with E-state index < -0.39 is 11.2 Å². The molecule has 2 aliphatic rings. The lowest BCUT2D eigenvalue weighted by atomic mass is 9.89. The maximum atomic E-state index is 12.4. The molecule has 0 unspecified atom stereocenters. The molecule has 14 nitrogen and oxygen atoms in total. The summed E-state index contributed by atoms with van der Waals surface area (Å²) in [6.45, 7) is 20.8. The molecule has 3 aromatic rings. The number of Topliss-reactive ketones (excluding diaryl/α,β-unsaturated/α-hetero) is 2. The molecule has 0 spiro atoms. The SMILES string of the molecule is Cc1noc(-c2cc(C3CCN(C(=O)OC(C)(C)C)CC3)n[nH]2)c1C.Cc1noc(C(=O)CC(=O)C2CCN(C(=O)OC(C)(C)C)CC2)c1C. The van der Waals surface area contributed by atoms with Gasteiger partial charge in [-0.1, -0.05) is 10.3 Å². The molecule has 0 atom stereocenters. The molecule has 2 amide bonds. The zero-order chi connectivity index (χ0) is 37.0. The van der Waals surface area contributed by atoms with Gasteiger partial charge in [-0.2, -0.15) is 5.10 Å². The molecule has 14 heteroatoms. The molecule has 0 radical (unpaired) electrons. The molecule has 2 fully saturated rings. The van der Waals surface area contributed by atoms with Gasteiger partial charge < -0.3 is 28.3 Å². The summed E-state index contributed by atoms with van der Waals surface area (Å²) in [5.74, 6) is 0.569. The first kappa shape index (κ1) is 38.3. The van der Waals surface area contributed by atoms with E-state index in [-0.39, 0.29) is 41.9 Å². The highest BCUT2D eigenvalue weighted by Gasteiger charge is 2.32. The maximum Gasteiger partial charge on any atom is 0.410 e. The van der Waals surface area contributed by atoms with Crippen LogP contribution in [0.25, 0.3) is 11.5 Å². The van der Waals surface area contributed by atoms with Crippen molar-refractivity contribution in [2.24, 2.45) is 5.92 Å². The van der Waals surface area contributed by atoms with Gasteiger partial charge >= 0.3 is 12.2 Å². The van der Waals surface area contributed by atoms with Crippen molar-refractivity contribution in [3.05, 3.63) is 40.0 Å². The number of likely N-dealkylation sites (tertiary alicyclic amines) is 2. The molecule has 2 aliphatic heterocycles. The fourth-order valence-electron chi connectivity index (χ4n) is 5.78. The molecule has 0 aromatic carbocycles. The Morgan fingerprint density at radius 3 is 1.74 bits per heavy atom. The van der Waals surface area contributed by atoms with Gasteiger partial charge in [0.1, 0.15) is 22.7 Å². The van der Waals surface area contributed by atoms with Gasteiger partial charge in [0.2, 0.25) is 11.5 Å². The number of carbonyl (C=O) groups excluding carboxylic acids is 4. The lowest BCUT2D eigenvalue weighted by Gasteiger charge is -2.32. The number of nitrogens with one attached hydrogen (secondary N) is 1. The number of rotatable bonds is 6. The number of ketones is 2. The average Bonchev–Trinajstić information content (AvgIpc) is 3.75. The molecule has 0 bridgehead atoms. The van der Waals surface area contributed by atoms with Crippen LogP contribution in [-0.2, 0) is 14.3 Å². The van der Waals surface area contributed by atoms with Crippen LogP contribution in [0, 0.1) is 33.6 Å². The lowest BCUT2D eigenvalue weighted by molar-refractivity contribution is -0.123. The fourth-order valence-corrected chi connectivity index (χ4v) is 5.78. The number of aryl methyl sites for hydroxylation is 2. The van der Waals surface area contributed by atoms with Crippen LogP contribution in [0.3, 0.4) is 0 Å². The number of ether oxygens (including phenoxy) is 2. The Kier molecular flexibility index (Phi) is 11.9. The quantitative estimate of drug-likeness (QED) is 0.210. The van der Waals surface area contributed by atoms with Crippen LogP contribution in [0.4, 0.5) is 9.59 Å². The van der Waals surface area contributed by atoms with Gasteiger partial charge in [0, 0.05) is 49.1 Å². The topological polar surface area (TPSA) is 174 Å². The summed E-state index contributed by atoms with van der Waals surface area (Å²) in [5.41, 5.74) is 4.10. The normalized spacial score (nSPS) is 16.1. The van der Waals surface area contributed by atoms with E-state index in [0.29, 0.717) is 56.2 Å². The van der Waals surface area contributed by atoms with E-state index in [2.05, 4.69) is 20.5 Å². The van der Waals surface area contributed by atoms with Crippen molar-refractivity contribution < 1.29 is 37.7 Å². The van der Waals surface area contributed by atoms with E-state index >= 15 is 0 Å². The number of aromatic amines is 1. The molecule has 50 heavy (non-hydrogen) atoms. The highest BCUT2D eigenvalue weighted by molar-refractivity contribution is 6.07. The molecule has 5 rings (SSSR count). The second kappa shape index (κ2) is 15.6. The Balaban J connectivity index is 0.000000225. The minimum absolute atomic E-state index is 0.109. The Hall–Kier alpha value is -4.49. The minimum atomic E-state index is -0.538. The molecule has 2 saturated heterocycles. The third kappa shape index (κ3) is 10.0. The van der Waals surface area contributed by atoms with E-state index in [1.165, 1.54) is 0 Å².